The van der Waals surface area contributed by atoms with Gasteiger partial charge in [-0.3, -0.25) is 25.8 Å². The molecular weight excluding hydrogens is 441 g/mol. The minimum absolute atomic E-state index is 0.0143. The van der Waals surface area contributed by atoms with Gasteiger partial charge < -0.3 is 4.42 Å². The first-order valence-electron chi connectivity index (χ1n) is 6.86. The molecule has 0 fully saturated rings. The van der Waals surface area contributed by atoms with Gasteiger partial charge in [-0.15, -0.1) is 0 Å². The maximum absolute atomic E-state index is 12.0. The van der Waals surface area contributed by atoms with E-state index in [9.17, 15) is 9.59 Å². The second-order valence-corrected chi connectivity index (χ2v) is 6.23. The Balaban J connectivity index is 1.80. The van der Waals surface area contributed by atoms with Crippen LogP contribution in [0.2, 0.25) is 0 Å². The summed E-state index contributed by atoms with van der Waals surface area (Å²) >= 11 is 7.01. The molecule has 0 atom stereocenters. The molecule has 24 heavy (non-hydrogen) atoms. The van der Waals surface area contributed by atoms with Crippen molar-refractivity contribution in [2.24, 2.45) is 0 Å². The third-order valence-corrected chi connectivity index (χ3v) is 3.95. The van der Waals surface area contributed by atoms with Crippen molar-refractivity contribution in [1.82, 2.24) is 16.2 Å². The Labute approximate surface area is 157 Å². The second kappa shape index (κ2) is 8.60. The molecule has 3 N–H and O–H groups in total. The largest absolute Gasteiger partial charge is 0.462 e. The monoisotopic (exact) mass is 455 g/mol. The highest BCUT2D eigenvalue weighted by Gasteiger charge is 2.09. The Morgan fingerprint density at radius 3 is 2.58 bits per heavy atom. The summed E-state index contributed by atoms with van der Waals surface area (Å²) < 4.78 is 6.11. The average Bonchev–Trinajstić information content (AvgIpc) is 2.96. The number of benzene rings is 1. The summed E-state index contributed by atoms with van der Waals surface area (Å²) in [5.41, 5.74) is 5.42. The molecule has 124 valence electrons. The maximum atomic E-state index is 12.0. The average molecular weight is 455 g/mol. The lowest BCUT2D eigenvalue weighted by Gasteiger charge is -2.10. The zero-order valence-corrected chi connectivity index (χ0v) is 15.6. The first-order chi connectivity index (χ1) is 11.5. The van der Waals surface area contributed by atoms with E-state index in [4.69, 9.17) is 16.6 Å². The number of thiocarbonyl (C=S) groups is 1. The summed E-state index contributed by atoms with van der Waals surface area (Å²) in [6.07, 6.45) is 2.81. The van der Waals surface area contributed by atoms with E-state index in [1.165, 1.54) is 12.2 Å². The van der Waals surface area contributed by atoms with Gasteiger partial charge in [0.25, 0.3) is 5.91 Å². The maximum Gasteiger partial charge on any atom is 0.270 e. The zero-order chi connectivity index (χ0) is 17.5. The van der Waals surface area contributed by atoms with E-state index in [-0.39, 0.29) is 11.0 Å². The van der Waals surface area contributed by atoms with Crippen molar-refractivity contribution >= 4 is 57.8 Å². The molecule has 0 saturated heterocycles. The van der Waals surface area contributed by atoms with Crippen molar-refractivity contribution in [1.29, 1.82) is 0 Å². The molecular formula is C16H14IN3O3S. The van der Waals surface area contributed by atoms with Crippen molar-refractivity contribution in [3.8, 4) is 0 Å². The fourth-order valence-electron chi connectivity index (χ4n) is 1.71. The summed E-state index contributed by atoms with van der Waals surface area (Å²) in [4.78, 5) is 23.7. The number of furan rings is 1. The molecule has 0 bridgehead atoms. The van der Waals surface area contributed by atoms with Crippen molar-refractivity contribution in [3.63, 3.8) is 0 Å². The molecule has 0 radical (unpaired) electrons. The number of hydrazine groups is 1. The van der Waals surface area contributed by atoms with E-state index in [0.29, 0.717) is 11.3 Å². The minimum atomic E-state index is -0.440. The second-order valence-electron chi connectivity index (χ2n) is 4.66. The molecule has 1 heterocycles. The van der Waals surface area contributed by atoms with E-state index < -0.39 is 5.91 Å². The van der Waals surface area contributed by atoms with Crippen LogP contribution in [-0.4, -0.2) is 16.9 Å². The van der Waals surface area contributed by atoms with Crippen molar-refractivity contribution in [2.45, 2.75) is 6.92 Å². The van der Waals surface area contributed by atoms with Crippen LogP contribution in [-0.2, 0) is 4.79 Å². The molecule has 0 aliphatic heterocycles. The Bertz CT molecular complexity index is 801. The first-order valence-corrected chi connectivity index (χ1v) is 8.35. The lowest BCUT2D eigenvalue weighted by molar-refractivity contribution is -0.115. The normalized spacial score (nSPS) is 10.4. The molecule has 0 unspecified atom stereocenters. The van der Waals surface area contributed by atoms with Crippen LogP contribution >= 0.6 is 34.8 Å². The fraction of sp³-hybridized carbons (Fsp3) is 0.0625. The molecule has 2 amide bonds. The smallest absolute Gasteiger partial charge is 0.270 e. The molecule has 0 spiro atoms. The van der Waals surface area contributed by atoms with Crippen molar-refractivity contribution in [2.75, 3.05) is 0 Å². The number of amides is 2. The zero-order valence-electron chi connectivity index (χ0n) is 12.6. The Morgan fingerprint density at radius 2 is 1.92 bits per heavy atom. The van der Waals surface area contributed by atoms with E-state index in [0.717, 1.165) is 9.33 Å². The summed E-state index contributed by atoms with van der Waals surface area (Å²) in [5, 5.41) is 2.40. The fourth-order valence-corrected chi connectivity index (χ4v) is 2.50. The summed E-state index contributed by atoms with van der Waals surface area (Å²) in [5.74, 6) is 0.530. The van der Waals surface area contributed by atoms with E-state index in [2.05, 4.69) is 38.8 Å². The van der Waals surface area contributed by atoms with Crippen LogP contribution < -0.4 is 16.2 Å². The highest BCUT2D eigenvalue weighted by molar-refractivity contribution is 14.1. The molecule has 8 heteroatoms. The van der Waals surface area contributed by atoms with Crippen LogP contribution in [0.15, 0.2) is 46.9 Å². The van der Waals surface area contributed by atoms with E-state index in [1.54, 1.807) is 24.3 Å². The first kappa shape index (κ1) is 18.1. The van der Waals surface area contributed by atoms with Crippen LogP contribution in [0.3, 0.4) is 0 Å². The highest BCUT2D eigenvalue weighted by Crippen LogP contribution is 2.10. The Hall–Kier alpha value is -2.20. The number of hydrogen-bond acceptors (Lipinski definition) is 4. The number of carbonyl (C=O) groups is 2. The Kier molecular flexibility index (Phi) is 6.50. The van der Waals surface area contributed by atoms with Gasteiger partial charge in [-0.2, -0.15) is 0 Å². The number of rotatable bonds is 3. The van der Waals surface area contributed by atoms with Gasteiger partial charge in [-0.05, 0) is 72.1 Å². The molecule has 1 aromatic carbocycles. The minimum Gasteiger partial charge on any atom is -0.462 e. The topological polar surface area (TPSA) is 83.4 Å². The molecule has 6 nitrogen and oxygen atoms in total. The highest BCUT2D eigenvalue weighted by atomic mass is 127. The third-order valence-electron chi connectivity index (χ3n) is 2.80. The number of aryl methyl sites for hydroxylation is 1. The van der Waals surface area contributed by atoms with Gasteiger partial charge in [0.05, 0.1) is 5.56 Å². The van der Waals surface area contributed by atoms with Gasteiger partial charge in [-0.1, -0.05) is 12.1 Å². The summed E-state index contributed by atoms with van der Waals surface area (Å²) in [7, 11) is 0. The third kappa shape index (κ3) is 5.46. The number of hydrogen-bond donors (Lipinski definition) is 3. The standard InChI is InChI=1S/C16H14IN3O3S/c1-10-6-7-11(23-10)8-9-14(21)18-16(24)20-19-15(22)12-4-2-3-5-13(12)17/h2-9H,1H3,(H,19,22)(H2,18,20,21,24). The van der Waals surface area contributed by atoms with E-state index in [1.807, 2.05) is 19.1 Å². The molecule has 2 aromatic rings. The van der Waals surface area contributed by atoms with Crippen molar-refractivity contribution < 1.29 is 14.0 Å². The van der Waals surface area contributed by atoms with Crippen LogP contribution in [0.25, 0.3) is 6.08 Å². The lowest BCUT2D eigenvalue weighted by atomic mass is 10.2. The van der Waals surface area contributed by atoms with Gasteiger partial charge in [-0.25, -0.2) is 0 Å². The summed E-state index contributed by atoms with van der Waals surface area (Å²) in [6.45, 7) is 1.81. The molecule has 1 aromatic heterocycles. The predicted octanol–water partition coefficient (Wildman–Crippen LogP) is 2.54. The summed E-state index contributed by atoms with van der Waals surface area (Å²) in [6, 6.07) is 10.6. The number of halogens is 1. The van der Waals surface area contributed by atoms with Crippen molar-refractivity contribution in [3.05, 3.63) is 63.1 Å². The Morgan fingerprint density at radius 1 is 1.17 bits per heavy atom. The van der Waals surface area contributed by atoms with Crippen LogP contribution in [0.1, 0.15) is 21.9 Å². The quantitative estimate of drug-likeness (QED) is 0.287. The molecule has 0 aliphatic carbocycles. The van der Waals surface area contributed by atoms with Crippen LogP contribution in [0.5, 0.6) is 0 Å². The molecule has 2 rings (SSSR count). The predicted molar refractivity (Wildman–Crippen MR) is 103 cm³/mol. The van der Waals surface area contributed by atoms with Gasteiger partial charge in [0.1, 0.15) is 11.5 Å². The molecule has 0 aliphatic rings. The number of nitrogens with one attached hydrogen (secondary N) is 3. The lowest BCUT2D eigenvalue weighted by Crippen LogP contribution is -2.48. The van der Waals surface area contributed by atoms with Gasteiger partial charge >= 0.3 is 0 Å². The van der Waals surface area contributed by atoms with E-state index >= 15 is 0 Å². The molecule has 0 saturated carbocycles. The van der Waals surface area contributed by atoms with Gasteiger partial charge in [0.15, 0.2) is 5.11 Å². The van der Waals surface area contributed by atoms with Crippen LogP contribution in [0, 0.1) is 10.5 Å². The van der Waals surface area contributed by atoms with Gasteiger partial charge in [0.2, 0.25) is 5.91 Å². The SMILES string of the molecule is Cc1ccc(C=CC(=O)NC(=S)NNC(=O)c2ccccc2I)o1. The number of carbonyl (C=O) groups excluding carboxylic acids is 2. The van der Waals surface area contributed by atoms with Crippen LogP contribution in [0.4, 0.5) is 0 Å². The van der Waals surface area contributed by atoms with Gasteiger partial charge in [0, 0.05) is 9.65 Å².